The molecule has 1 heterocycles. The van der Waals surface area contributed by atoms with Crippen molar-refractivity contribution in [1.82, 2.24) is 4.90 Å². The highest BCUT2D eigenvalue weighted by Crippen LogP contribution is 2.31. The SMILES string of the molecule is CCOc1ccccc1N1CCN([C@H](C)C(=O)Nc2cccc(C(F)(F)F)c2)CC1. The smallest absolute Gasteiger partial charge is 0.416 e. The molecule has 1 atom stereocenters. The molecule has 0 spiro atoms. The maximum absolute atomic E-state index is 12.9. The summed E-state index contributed by atoms with van der Waals surface area (Å²) in [7, 11) is 0. The third-order valence-corrected chi connectivity index (χ3v) is 5.20. The van der Waals surface area contributed by atoms with Gasteiger partial charge >= 0.3 is 6.18 Å². The van der Waals surface area contributed by atoms with Crippen LogP contribution in [0.3, 0.4) is 0 Å². The van der Waals surface area contributed by atoms with Gasteiger partial charge in [-0.05, 0) is 44.2 Å². The number of hydrogen-bond acceptors (Lipinski definition) is 4. The number of alkyl halides is 3. The lowest BCUT2D eigenvalue weighted by Crippen LogP contribution is -2.52. The van der Waals surface area contributed by atoms with Gasteiger partial charge < -0.3 is 15.0 Å². The maximum atomic E-state index is 12.9. The molecule has 0 aliphatic carbocycles. The van der Waals surface area contributed by atoms with Crippen LogP contribution in [-0.2, 0) is 11.0 Å². The van der Waals surface area contributed by atoms with E-state index in [1.54, 1.807) is 6.92 Å². The van der Waals surface area contributed by atoms with Crippen LogP contribution in [0.1, 0.15) is 19.4 Å². The second-order valence-electron chi connectivity index (χ2n) is 7.17. The average molecular weight is 421 g/mol. The topological polar surface area (TPSA) is 44.8 Å². The van der Waals surface area contributed by atoms with Crippen molar-refractivity contribution in [2.24, 2.45) is 0 Å². The quantitative estimate of drug-likeness (QED) is 0.757. The van der Waals surface area contributed by atoms with Gasteiger partial charge in [0.2, 0.25) is 5.91 Å². The molecule has 0 radical (unpaired) electrons. The molecule has 162 valence electrons. The van der Waals surface area contributed by atoms with Gasteiger partial charge in [0.15, 0.2) is 0 Å². The first-order valence-corrected chi connectivity index (χ1v) is 9.98. The largest absolute Gasteiger partial charge is 0.492 e. The van der Waals surface area contributed by atoms with Gasteiger partial charge in [-0.1, -0.05) is 18.2 Å². The van der Waals surface area contributed by atoms with Gasteiger partial charge in [0, 0.05) is 31.9 Å². The molecule has 1 saturated heterocycles. The molecular formula is C22H26F3N3O2. The number of rotatable bonds is 6. The van der Waals surface area contributed by atoms with Gasteiger partial charge in [-0.3, -0.25) is 9.69 Å². The molecule has 2 aromatic carbocycles. The molecule has 30 heavy (non-hydrogen) atoms. The fourth-order valence-corrected chi connectivity index (χ4v) is 3.53. The number of amides is 1. The standard InChI is InChI=1S/C22H26F3N3O2/c1-3-30-20-10-5-4-9-19(20)28-13-11-27(12-14-28)16(2)21(29)26-18-8-6-7-17(15-18)22(23,24)25/h4-10,15-16H,3,11-14H2,1-2H3,(H,26,29)/t16-/m1/s1. The third-order valence-electron chi connectivity index (χ3n) is 5.20. The lowest BCUT2D eigenvalue weighted by atomic mass is 10.1. The highest BCUT2D eigenvalue weighted by atomic mass is 19.4. The van der Waals surface area contributed by atoms with Crippen LogP contribution >= 0.6 is 0 Å². The second kappa shape index (κ2) is 9.38. The Kier molecular flexibility index (Phi) is 6.87. The lowest BCUT2D eigenvalue weighted by Gasteiger charge is -2.39. The summed E-state index contributed by atoms with van der Waals surface area (Å²) in [6.07, 6.45) is -4.44. The summed E-state index contributed by atoms with van der Waals surface area (Å²) in [6, 6.07) is 12.1. The molecule has 1 aliphatic rings. The Morgan fingerprint density at radius 3 is 2.47 bits per heavy atom. The summed E-state index contributed by atoms with van der Waals surface area (Å²) in [5.41, 5.74) is 0.389. The Morgan fingerprint density at radius 2 is 1.80 bits per heavy atom. The zero-order chi connectivity index (χ0) is 21.7. The minimum atomic E-state index is -4.44. The first-order chi connectivity index (χ1) is 14.3. The van der Waals surface area contributed by atoms with Crippen molar-refractivity contribution in [3.8, 4) is 5.75 Å². The molecule has 1 N–H and O–H groups in total. The minimum Gasteiger partial charge on any atom is -0.492 e. The molecule has 0 aromatic heterocycles. The van der Waals surface area contributed by atoms with Gasteiger partial charge in [-0.15, -0.1) is 0 Å². The van der Waals surface area contributed by atoms with Gasteiger partial charge in [0.25, 0.3) is 0 Å². The molecule has 3 rings (SSSR count). The summed E-state index contributed by atoms with van der Waals surface area (Å²) in [6.45, 7) is 7.09. The van der Waals surface area contributed by atoms with E-state index in [-0.39, 0.29) is 11.6 Å². The van der Waals surface area contributed by atoms with Crippen molar-refractivity contribution in [2.45, 2.75) is 26.1 Å². The fourth-order valence-electron chi connectivity index (χ4n) is 3.53. The van der Waals surface area contributed by atoms with E-state index in [0.717, 1.165) is 36.7 Å². The predicted octanol–water partition coefficient (Wildman–Crippen LogP) is 4.25. The highest BCUT2D eigenvalue weighted by Gasteiger charge is 2.31. The lowest BCUT2D eigenvalue weighted by molar-refractivity contribution is -0.137. The van der Waals surface area contributed by atoms with Crippen LogP contribution in [0.5, 0.6) is 5.75 Å². The number of ether oxygens (including phenoxy) is 1. The number of nitrogens with one attached hydrogen (secondary N) is 1. The molecule has 1 fully saturated rings. The number of piperazine rings is 1. The van der Waals surface area contributed by atoms with Gasteiger partial charge in [0.1, 0.15) is 5.75 Å². The summed E-state index contributed by atoms with van der Waals surface area (Å²) < 4.78 is 44.3. The Labute approximate surface area is 174 Å². The van der Waals surface area contributed by atoms with Crippen molar-refractivity contribution in [2.75, 3.05) is 43.0 Å². The Bertz CT molecular complexity index is 865. The van der Waals surface area contributed by atoms with Crippen LogP contribution in [0.15, 0.2) is 48.5 Å². The molecule has 0 saturated carbocycles. The van der Waals surface area contributed by atoms with Crippen molar-refractivity contribution in [3.05, 3.63) is 54.1 Å². The number of hydrogen-bond donors (Lipinski definition) is 1. The Balaban J connectivity index is 1.59. The first kappa shape index (κ1) is 22.0. The number of nitrogens with zero attached hydrogens (tertiary/aromatic N) is 2. The predicted molar refractivity (Wildman–Crippen MR) is 111 cm³/mol. The van der Waals surface area contributed by atoms with E-state index in [1.807, 2.05) is 36.1 Å². The number of carbonyl (C=O) groups is 1. The molecule has 0 bridgehead atoms. The number of carbonyl (C=O) groups excluding carboxylic acids is 1. The van der Waals surface area contributed by atoms with E-state index in [0.29, 0.717) is 19.7 Å². The fraction of sp³-hybridized carbons (Fsp3) is 0.409. The van der Waals surface area contributed by atoms with Crippen molar-refractivity contribution in [1.29, 1.82) is 0 Å². The Morgan fingerprint density at radius 1 is 1.10 bits per heavy atom. The van der Waals surface area contributed by atoms with Crippen LogP contribution in [-0.4, -0.2) is 49.6 Å². The van der Waals surface area contributed by atoms with Crippen LogP contribution in [0, 0.1) is 0 Å². The highest BCUT2D eigenvalue weighted by molar-refractivity contribution is 5.94. The number of para-hydroxylation sites is 2. The molecular weight excluding hydrogens is 395 g/mol. The minimum absolute atomic E-state index is 0.144. The summed E-state index contributed by atoms with van der Waals surface area (Å²) in [5.74, 6) is 0.515. The monoisotopic (exact) mass is 421 g/mol. The zero-order valence-electron chi connectivity index (χ0n) is 17.1. The van der Waals surface area contributed by atoms with Gasteiger partial charge in [-0.2, -0.15) is 13.2 Å². The van der Waals surface area contributed by atoms with E-state index in [1.165, 1.54) is 12.1 Å². The molecule has 1 amide bonds. The van der Waals surface area contributed by atoms with Gasteiger partial charge in [-0.25, -0.2) is 0 Å². The molecule has 0 unspecified atom stereocenters. The maximum Gasteiger partial charge on any atom is 0.416 e. The second-order valence-corrected chi connectivity index (χ2v) is 7.17. The normalized spacial score (nSPS) is 16.2. The van der Waals surface area contributed by atoms with E-state index >= 15 is 0 Å². The Hall–Kier alpha value is -2.74. The van der Waals surface area contributed by atoms with E-state index in [9.17, 15) is 18.0 Å². The zero-order valence-corrected chi connectivity index (χ0v) is 17.1. The van der Waals surface area contributed by atoms with E-state index < -0.39 is 17.8 Å². The van der Waals surface area contributed by atoms with E-state index in [4.69, 9.17) is 4.74 Å². The van der Waals surface area contributed by atoms with Crippen LogP contribution in [0.25, 0.3) is 0 Å². The molecule has 5 nitrogen and oxygen atoms in total. The first-order valence-electron chi connectivity index (χ1n) is 9.98. The van der Waals surface area contributed by atoms with Crippen molar-refractivity contribution >= 4 is 17.3 Å². The third kappa shape index (κ3) is 5.24. The molecule has 1 aliphatic heterocycles. The van der Waals surface area contributed by atoms with Crippen molar-refractivity contribution < 1.29 is 22.7 Å². The number of halogens is 3. The summed E-state index contributed by atoms with van der Waals surface area (Å²) in [4.78, 5) is 16.8. The van der Waals surface area contributed by atoms with Gasteiger partial charge in [0.05, 0.1) is 23.9 Å². The summed E-state index contributed by atoms with van der Waals surface area (Å²) in [5, 5.41) is 2.61. The van der Waals surface area contributed by atoms with Crippen molar-refractivity contribution in [3.63, 3.8) is 0 Å². The van der Waals surface area contributed by atoms with Crippen LogP contribution in [0.4, 0.5) is 24.5 Å². The summed E-state index contributed by atoms with van der Waals surface area (Å²) >= 11 is 0. The molecule has 8 heteroatoms. The average Bonchev–Trinajstić information content (AvgIpc) is 2.73. The van der Waals surface area contributed by atoms with Crippen LogP contribution < -0.4 is 15.0 Å². The number of anilines is 2. The number of benzene rings is 2. The van der Waals surface area contributed by atoms with Crippen LogP contribution in [0.2, 0.25) is 0 Å². The molecule has 2 aromatic rings. The van der Waals surface area contributed by atoms with E-state index in [2.05, 4.69) is 10.2 Å².